The molecule has 0 radical (unpaired) electrons. The van der Waals surface area contributed by atoms with Crippen molar-refractivity contribution in [3.05, 3.63) is 0 Å². The van der Waals surface area contributed by atoms with E-state index < -0.39 is 0 Å². The van der Waals surface area contributed by atoms with Gasteiger partial charge in [-0.05, 0) is 5.92 Å². The van der Waals surface area contributed by atoms with Gasteiger partial charge in [-0.1, -0.05) is 13.8 Å². The molecule has 1 fully saturated rings. The first-order chi connectivity index (χ1) is 7.09. The fourth-order valence-corrected chi connectivity index (χ4v) is 1.65. The van der Waals surface area contributed by atoms with E-state index in [-0.39, 0.29) is 12.0 Å². The molecule has 4 nitrogen and oxygen atoms in total. The van der Waals surface area contributed by atoms with Crippen molar-refractivity contribution in [2.24, 2.45) is 5.92 Å². The maximum Gasteiger partial charge on any atom is 0.222 e. The Morgan fingerprint density at radius 3 is 2.87 bits per heavy atom. The zero-order chi connectivity index (χ0) is 11.3. The molecule has 4 heteroatoms. The van der Waals surface area contributed by atoms with Crippen molar-refractivity contribution in [3.8, 4) is 0 Å². The van der Waals surface area contributed by atoms with Crippen LogP contribution in [0, 0.1) is 5.92 Å². The molecule has 1 N–H and O–H groups in total. The highest BCUT2D eigenvalue weighted by atomic mass is 16.5. The number of carbonyl (C=O) groups excluding carboxylic acids is 1. The Kier molecular flexibility index (Phi) is 5.05. The molecule has 1 rings (SSSR count). The van der Waals surface area contributed by atoms with E-state index in [1.54, 1.807) is 4.90 Å². The molecule has 0 saturated carbocycles. The zero-order valence-electron chi connectivity index (χ0n) is 9.95. The number of nitrogens with zero attached hydrogens (tertiary/aromatic N) is 1. The molecule has 1 aliphatic heterocycles. The van der Waals surface area contributed by atoms with Crippen molar-refractivity contribution in [2.45, 2.75) is 26.4 Å². The molecular weight excluding hydrogens is 192 g/mol. The topological polar surface area (TPSA) is 41.6 Å². The van der Waals surface area contributed by atoms with Gasteiger partial charge in [-0.25, -0.2) is 0 Å². The standard InChI is InChI=1S/C11H22N2O2/c1-9(2)6-11(14)13(3)8-10-7-12-4-5-15-10/h9-10,12H,4-8H2,1-3H3. The van der Waals surface area contributed by atoms with Crippen LogP contribution < -0.4 is 5.32 Å². The van der Waals surface area contributed by atoms with Gasteiger partial charge >= 0.3 is 0 Å². The number of hydrogen-bond acceptors (Lipinski definition) is 3. The summed E-state index contributed by atoms with van der Waals surface area (Å²) >= 11 is 0. The minimum absolute atomic E-state index is 0.153. The van der Waals surface area contributed by atoms with Gasteiger partial charge in [-0.15, -0.1) is 0 Å². The van der Waals surface area contributed by atoms with Crippen LogP contribution in [0.25, 0.3) is 0 Å². The summed E-state index contributed by atoms with van der Waals surface area (Å²) < 4.78 is 5.55. The predicted octanol–water partition coefficient (Wildman–Crippen LogP) is 0.479. The summed E-state index contributed by atoms with van der Waals surface area (Å²) in [6.45, 7) is 7.32. The number of nitrogens with one attached hydrogen (secondary N) is 1. The minimum atomic E-state index is 0.153. The molecule has 1 atom stereocenters. The van der Waals surface area contributed by atoms with Crippen molar-refractivity contribution in [3.63, 3.8) is 0 Å². The lowest BCUT2D eigenvalue weighted by Crippen LogP contribution is -2.45. The molecule has 0 aromatic carbocycles. The summed E-state index contributed by atoms with van der Waals surface area (Å²) in [6, 6.07) is 0. The third kappa shape index (κ3) is 4.62. The van der Waals surface area contributed by atoms with Crippen LogP contribution in [0.3, 0.4) is 0 Å². The highest BCUT2D eigenvalue weighted by Gasteiger charge is 2.18. The predicted molar refractivity (Wildman–Crippen MR) is 59.7 cm³/mol. The van der Waals surface area contributed by atoms with Crippen LogP contribution in [-0.4, -0.2) is 50.2 Å². The van der Waals surface area contributed by atoms with E-state index in [2.05, 4.69) is 19.2 Å². The number of likely N-dealkylation sites (N-methyl/N-ethyl adjacent to an activating group) is 1. The highest BCUT2D eigenvalue weighted by molar-refractivity contribution is 5.76. The lowest BCUT2D eigenvalue weighted by molar-refractivity contribution is -0.132. The van der Waals surface area contributed by atoms with Gasteiger partial charge in [0.1, 0.15) is 0 Å². The summed E-state index contributed by atoms with van der Waals surface area (Å²) in [5, 5.41) is 3.26. The molecule has 1 saturated heterocycles. The monoisotopic (exact) mass is 214 g/mol. The smallest absolute Gasteiger partial charge is 0.222 e. The maximum atomic E-state index is 11.7. The molecule has 0 bridgehead atoms. The van der Waals surface area contributed by atoms with Crippen LogP contribution in [0.15, 0.2) is 0 Å². The molecule has 15 heavy (non-hydrogen) atoms. The minimum Gasteiger partial charge on any atom is -0.374 e. The lowest BCUT2D eigenvalue weighted by Gasteiger charge is -2.28. The van der Waals surface area contributed by atoms with Crippen molar-refractivity contribution in [1.29, 1.82) is 0 Å². The van der Waals surface area contributed by atoms with Crippen LogP contribution in [0.2, 0.25) is 0 Å². The number of rotatable bonds is 4. The van der Waals surface area contributed by atoms with Crippen molar-refractivity contribution in [2.75, 3.05) is 33.3 Å². The van der Waals surface area contributed by atoms with Crippen LogP contribution in [-0.2, 0) is 9.53 Å². The van der Waals surface area contributed by atoms with Gasteiger partial charge in [0.2, 0.25) is 5.91 Å². The first kappa shape index (κ1) is 12.5. The Balaban J connectivity index is 2.26. The van der Waals surface area contributed by atoms with Crippen LogP contribution in [0.5, 0.6) is 0 Å². The Morgan fingerprint density at radius 1 is 1.60 bits per heavy atom. The molecule has 1 aliphatic rings. The molecular formula is C11H22N2O2. The van der Waals surface area contributed by atoms with Crippen LogP contribution in [0.4, 0.5) is 0 Å². The van der Waals surface area contributed by atoms with Crippen molar-refractivity contribution in [1.82, 2.24) is 10.2 Å². The Labute approximate surface area is 92.0 Å². The second-order valence-corrected chi connectivity index (χ2v) is 4.57. The highest BCUT2D eigenvalue weighted by Crippen LogP contribution is 2.05. The Hall–Kier alpha value is -0.610. The van der Waals surface area contributed by atoms with E-state index in [0.717, 1.165) is 19.7 Å². The molecule has 1 amide bonds. The van der Waals surface area contributed by atoms with E-state index in [1.807, 2.05) is 7.05 Å². The number of amides is 1. The van der Waals surface area contributed by atoms with Gasteiger partial charge in [-0.3, -0.25) is 4.79 Å². The van der Waals surface area contributed by atoms with Gasteiger partial charge in [0.05, 0.1) is 12.7 Å². The summed E-state index contributed by atoms with van der Waals surface area (Å²) in [6.07, 6.45) is 0.774. The van der Waals surface area contributed by atoms with E-state index in [9.17, 15) is 4.79 Å². The SMILES string of the molecule is CC(C)CC(=O)N(C)CC1CNCCO1. The first-order valence-corrected chi connectivity index (χ1v) is 5.66. The van der Waals surface area contributed by atoms with Crippen LogP contribution >= 0.6 is 0 Å². The zero-order valence-corrected chi connectivity index (χ0v) is 9.95. The fraction of sp³-hybridized carbons (Fsp3) is 0.909. The average molecular weight is 214 g/mol. The van der Waals surface area contributed by atoms with E-state index in [4.69, 9.17) is 4.74 Å². The van der Waals surface area contributed by atoms with Gasteiger partial charge in [0.25, 0.3) is 0 Å². The fourth-order valence-electron chi connectivity index (χ4n) is 1.65. The Bertz CT molecular complexity index is 201. The molecule has 1 heterocycles. The summed E-state index contributed by atoms with van der Waals surface area (Å²) in [7, 11) is 1.85. The molecule has 1 unspecified atom stereocenters. The van der Waals surface area contributed by atoms with Crippen LogP contribution in [0.1, 0.15) is 20.3 Å². The molecule has 0 aromatic heterocycles. The van der Waals surface area contributed by atoms with E-state index in [0.29, 0.717) is 18.9 Å². The average Bonchev–Trinajstić information content (AvgIpc) is 2.18. The van der Waals surface area contributed by atoms with Gasteiger partial charge in [-0.2, -0.15) is 0 Å². The second kappa shape index (κ2) is 6.08. The molecule has 0 spiro atoms. The summed E-state index contributed by atoms with van der Waals surface area (Å²) in [5.74, 6) is 0.629. The van der Waals surface area contributed by atoms with E-state index >= 15 is 0 Å². The molecule has 88 valence electrons. The van der Waals surface area contributed by atoms with Crippen molar-refractivity contribution >= 4 is 5.91 Å². The third-order valence-corrected chi connectivity index (χ3v) is 2.49. The third-order valence-electron chi connectivity index (χ3n) is 2.49. The summed E-state index contributed by atoms with van der Waals surface area (Å²) in [4.78, 5) is 13.5. The number of ether oxygens (including phenoxy) is 1. The number of morpholine rings is 1. The molecule has 0 aromatic rings. The van der Waals surface area contributed by atoms with Gasteiger partial charge in [0, 0.05) is 33.1 Å². The summed E-state index contributed by atoms with van der Waals surface area (Å²) in [5.41, 5.74) is 0. The van der Waals surface area contributed by atoms with Gasteiger partial charge < -0.3 is 15.0 Å². The largest absolute Gasteiger partial charge is 0.374 e. The number of hydrogen-bond donors (Lipinski definition) is 1. The number of carbonyl (C=O) groups is 1. The first-order valence-electron chi connectivity index (χ1n) is 5.66. The Morgan fingerprint density at radius 2 is 2.33 bits per heavy atom. The molecule has 0 aliphatic carbocycles. The normalized spacial score (nSPS) is 21.7. The van der Waals surface area contributed by atoms with E-state index in [1.165, 1.54) is 0 Å². The lowest BCUT2D eigenvalue weighted by atomic mass is 10.1. The van der Waals surface area contributed by atoms with Gasteiger partial charge in [0.15, 0.2) is 0 Å². The van der Waals surface area contributed by atoms with Crippen molar-refractivity contribution < 1.29 is 9.53 Å². The quantitative estimate of drug-likeness (QED) is 0.740. The second-order valence-electron chi connectivity index (χ2n) is 4.57. The maximum absolute atomic E-state index is 11.7.